The molecule has 1 fully saturated rings. The van der Waals surface area contributed by atoms with E-state index in [0.29, 0.717) is 24.3 Å². The maximum atomic E-state index is 14.3. The highest BCUT2D eigenvalue weighted by atomic mass is 19.1. The molecule has 168 valence electrons. The van der Waals surface area contributed by atoms with Crippen molar-refractivity contribution in [3.63, 3.8) is 0 Å². The highest BCUT2D eigenvalue weighted by Gasteiger charge is 2.23. The van der Waals surface area contributed by atoms with E-state index in [2.05, 4.69) is 10.2 Å². The minimum Gasteiger partial charge on any atom is -0.369 e. The van der Waals surface area contributed by atoms with Gasteiger partial charge in [-0.15, -0.1) is 0 Å². The summed E-state index contributed by atoms with van der Waals surface area (Å²) >= 11 is 0. The Kier molecular flexibility index (Phi) is 6.85. The smallest absolute Gasteiger partial charge is 0.267 e. The summed E-state index contributed by atoms with van der Waals surface area (Å²) < 4.78 is 16.1. The van der Waals surface area contributed by atoms with Crippen molar-refractivity contribution in [2.45, 2.75) is 25.8 Å². The van der Waals surface area contributed by atoms with Gasteiger partial charge in [-0.05, 0) is 50.6 Å². The van der Waals surface area contributed by atoms with E-state index in [1.54, 1.807) is 18.2 Å². The first-order valence-electron chi connectivity index (χ1n) is 11.1. The second kappa shape index (κ2) is 9.96. The number of hydrogen-bond donors (Lipinski definition) is 2. The SMILES string of the molecule is NC(=O)C1CCCN(CCCNC(=O)c2cc3ccccc3n2Cc2ccccc2F)C1. The minimum atomic E-state index is -0.285. The van der Waals surface area contributed by atoms with Crippen LogP contribution >= 0.6 is 0 Å². The molecular weight excluding hydrogens is 407 g/mol. The van der Waals surface area contributed by atoms with Crippen molar-refractivity contribution in [1.29, 1.82) is 0 Å². The number of nitrogens with one attached hydrogen (secondary N) is 1. The number of rotatable bonds is 8. The molecule has 2 amide bonds. The fraction of sp³-hybridized carbons (Fsp3) is 0.360. The van der Waals surface area contributed by atoms with Gasteiger partial charge in [0, 0.05) is 29.6 Å². The van der Waals surface area contributed by atoms with E-state index in [-0.39, 0.29) is 30.1 Å². The standard InChI is InChI=1S/C25H29FN4O2/c26-21-10-3-1-8-19(21)17-30-22-11-4-2-7-18(22)15-23(30)25(32)28-12-6-14-29-13-5-9-20(16-29)24(27)31/h1-4,7-8,10-11,15,20H,5-6,9,12-14,16-17H2,(H2,27,31)(H,28,32). The number of halogens is 1. The lowest BCUT2D eigenvalue weighted by molar-refractivity contribution is -0.123. The van der Waals surface area contributed by atoms with Crippen molar-refractivity contribution in [2.75, 3.05) is 26.2 Å². The average molecular weight is 437 g/mol. The van der Waals surface area contributed by atoms with Crippen molar-refractivity contribution in [2.24, 2.45) is 11.7 Å². The van der Waals surface area contributed by atoms with Crippen molar-refractivity contribution >= 4 is 22.7 Å². The number of nitrogens with zero attached hydrogens (tertiary/aromatic N) is 2. The van der Waals surface area contributed by atoms with E-state index >= 15 is 0 Å². The number of carbonyl (C=O) groups excluding carboxylic acids is 2. The molecule has 3 N–H and O–H groups in total. The first-order chi connectivity index (χ1) is 15.5. The van der Waals surface area contributed by atoms with Gasteiger partial charge in [-0.2, -0.15) is 0 Å². The van der Waals surface area contributed by atoms with Crippen molar-refractivity contribution in [3.8, 4) is 0 Å². The molecule has 32 heavy (non-hydrogen) atoms. The Balaban J connectivity index is 1.41. The summed E-state index contributed by atoms with van der Waals surface area (Å²) in [7, 11) is 0. The number of carbonyl (C=O) groups is 2. The van der Waals surface area contributed by atoms with Gasteiger partial charge >= 0.3 is 0 Å². The molecule has 0 bridgehead atoms. The number of likely N-dealkylation sites (tertiary alicyclic amines) is 1. The molecule has 6 nitrogen and oxygen atoms in total. The molecule has 3 aromatic rings. The lowest BCUT2D eigenvalue weighted by atomic mass is 9.97. The molecule has 0 spiro atoms. The normalized spacial score (nSPS) is 16.8. The Morgan fingerprint density at radius 1 is 1.12 bits per heavy atom. The molecule has 2 aromatic carbocycles. The van der Waals surface area contributed by atoms with Gasteiger partial charge in [0.15, 0.2) is 0 Å². The van der Waals surface area contributed by atoms with Crippen LogP contribution in [0.25, 0.3) is 10.9 Å². The first-order valence-corrected chi connectivity index (χ1v) is 11.1. The summed E-state index contributed by atoms with van der Waals surface area (Å²) in [5.74, 6) is -0.767. The molecule has 4 rings (SSSR count). The number of piperidine rings is 1. The summed E-state index contributed by atoms with van der Waals surface area (Å²) in [6.07, 6.45) is 2.61. The van der Waals surface area contributed by atoms with Crippen LogP contribution < -0.4 is 11.1 Å². The van der Waals surface area contributed by atoms with Gasteiger partial charge in [0.2, 0.25) is 5.91 Å². The molecule has 0 saturated carbocycles. The summed E-state index contributed by atoms with van der Waals surface area (Å²) in [5.41, 5.74) is 7.40. The van der Waals surface area contributed by atoms with Crippen LogP contribution in [0.4, 0.5) is 4.39 Å². The third kappa shape index (κ3) is 4.99. The first kappa shape index (κ1) is 22.0. The molecule has 1 saturated heterocycles. The van der Waals surface area contributed by atoms with Crippen LogP contribution in [0.15, 0.2) is 54.6 Å². The number of hydrogen-bond acceptors (Lipinski definition) is 3. The molecule has 1 aliphatic rings. The van der Waals surface area contributed by atoms with Gasteiger partial charge in [-0.3, -0.25) is 9.59 Å². The zero-order chi connectivity index (χ0) is 22.5. The summed E-state index contributed by atoms with van der Waals surface area (Å²) in [5, 5.41) is 3.95. The molecular formula is C25H29FN4O2. The van der Waals surface area contributed by atoms with Gasteiger partial charge in [0.05, 0.1) is 12.5 Å². The third-order valence-electron chi connectivity index (χ3n) is 6.17. The fourth-order valence-electron chi connectivity index (χ4n) is 4.45. The predicted molar refractivity (Wildman–Crippen MR) is 123 cm³/mol. The van der Waals surface area contributed by atoms with Gasteiger partial charge in [0.1, 0.15) is 11.5 Å². The van der Waals surface area contributed by atoms with Crippen LogP contribution in [0.1, 0.15) is 35.3 Å². The number of nitrogens with two attached hydrogens (primary N) is 1. The largest absolute Gasteiger partial charge is 0.369 e. The van der Waals surface area contributed by atoms with E-state index in [4.69, 9.17) is 5.73 Å². The second-order valence-electron chi connectivity index (χ2n) is 8.42. The molecule has 2 heterocycles. The second-order valence-corrected chi connectivity index (χ2v) is 8.42. The van der Waals surface area contributed by atoms with Crippen LogP contribution in [0.5, 0.6) is 0 Å². The Morgan fingerprint density at radius 2 is 1.91 bits per heavy atom. The lowest BCUT2D eigenvalue weighted by Gasteiger charge is -2.31. The van der Waals surface area contributed by atoms with Gasteiger partial charge < -0.3 is 20.5 Å². The quantitative estimate of drug-likeness (QED) is 0.533. The minimum absolute atomic E-state index is 0.0765. The molecule has 1 aliphatic heterocycles. The number of primary amides is 1. The van der Waals surface area contributed by atoms with Crippen LogP contribution in [0.2, 0.25) is 0 Å². The topological polar surface area (TPSA) is 80.4 Å². The molecule has 0 radical (unpaired) electrons. The van der Waals surface area contributed by atoms with E-state index in [1.165, 1.54) is 6.07 Å². The van der Waals surface area contributed by atoms with Crippen LogP contribution in [0, 0.1) is 11.7 Å². The predicted octanol–water partition coefficient (Wildman–Crippen LogP) is 3.15. The maximum absolute atomic E-state index is 14.3. The zero-order valence-electron chi connectivity index (χ0n) is 18.1. The van der Waals surface area contributed by atoms with Gasteiger partial charge in [-0.1, -0.05) is 36.4 Å². The Morgan fingerprint density at radius 3 is 2.72 bits per heavy atom. The molecule has 1 atom stereocenters. The number of amides is 2. The molecule has 1 aromatic heterocycles. The number of benzene rings is 2. The Bertz CT molecular complexity index is 1110. The third-order valence-corrected chi connectivity index (χ3v) is 6.17. The Labute approximate surface area is 187 Å². The molecule has 0 aliphatic carbocycles. The van der Waals surface area contributed by atoms with Crippen LogP contribution in [-0.2, 0) is 11.3 Å². The number of para-hydroxylation sites is 1. The van der Waals surface area contributed by atoms with Gasteiger partial charge in [0.25, 0.3) is 5.91 Å². The van der Waals surface area contributed by atoms with Crippen molar-refractivity contribution < 1.29 is 14.0 Å². The van der Waals surface area contributed by atoms with E-state index in [9.17, 15) is 14.0 Å². The molecule has 7 heteroatoms. The summed E-state index contributed by atoms with van der Waals surface area (Å²) in [6, 6.07) is 16.2. The maximum Gasteiger partial charge on any atom is 0.267 e. The monoisotopic (exact) mass is 436 g/mol. The average Bonchev–Trinajstić information content (AvgIpc) is 3.17. The highest BCUT2D eigenvalue weighted by Crippen LogP contribution is 2.22. The molecule has 1 unspecified atom stereocenters. The van der Waals surface area contributed by atoms with E-state index < -0.39 is 0 Å². The van der Waals surface area contributed by atoms with Gasteiger partial charge in [-0.25, -0.2) is 4.39 Å². The highest BCUT2D eigenvalue weighted by molar-refractivity contribution is 5.98. The summed E-state index contributed by atoms with van der Waals surface area (Å²) in [6.45, 7) is 3.26. The number of fused-ring (bicyclic) bond motifs is 1. The van der Waals surface area contributed by atoms with Crippen LogP contribution in [-0.4, -0.2) is 47.5 Å². The van der Waals surface area contributed by atoms with E-state index in [0.717, 1.165) is 43.3 Å². The van der Waals surface area contributed by atoms with Crippen molar-refractivity contribution in [1.82, 2.24) is 14.8 Å². The summed E-state index contributed by atoms with van der Waals surface area (Å²) in [4.78, 5) is 26.7. The number of aromatic nitrogens is 1. The zero-order valence-corrected chi connectivity index (χ0v) is 18.1. The van der Waals surface area contributed by atoms with Crippen LogP contribution in [0.3, 0.4) is 0 Å². The Hall–Kier alpha value is -3.19. The lowest BCUT2D eigenvalue weighted by Crippen LogP contribution is -2.42. The van der Waals surface area contributed by atoms with Crippen molar-refractivity contribution in [3.05, 3.63) is 71.7 Å². The van der Waals surface area contributed by atoms with E-state index in [1.807, 2.05) is 34.9 Å². The fourth-order valence-corrected chi connectivity index (χ4v) is 4.45.